The third-order valence-electron chi connectivity index (χ3n) is 2.45. The van der Waals surface area contributed by atoms with Crippen molar-refractivity contribution in [2.75, 3.05) is 18.9 Å². The van der Waals surface area contributed by atoms with Gasteiger partial charge >= 0.3 is 5.51 Å². The van der Waals surface area contributed by atoms with Crippen molar-refractivity contribution >= 4 is 11.8 Å². The molecule has 1 aromatic rings. The van der Waals surface area contributed by atoms with Crippen LogP contribution in [0.25, 0.3) is 0 Å². The maximum atomic E-state index is 12.0. The minimum Gasteiger partial charge on any atom is -0.492 e. The standard InChI is InChI=1S/C13H18F3NOS/c1-3-17-9-11-6-4-5-10(2)12(11)18-7-8-19-13(14,15)16/h4-6,17H,3,7-9H2,1-2H3. The van der Waals surface area contributed by atoms with Crippen LogP contribution in [0.15, 0.2) is 18.2 Å². The van der Waals surface area contributed by atoms with Crippen molar-refractivity contribution in [1.29, 1.82) is 0 Å². The second-order valence-corrected chi connectivity index (χ2v) is 5.15. The van der Waals surface area contributed by atoms with E-state index in [4.69, 9.17) is 4.74 Å². The Balaban J connectivity index is 2.56. The number of hydrogen-bond donors (Lipinski definition) is 1. The number of ether oxygens (including phenoxy) is 1. The van der Waals surface area contributed by atoms with Gasteiger partial charge in [-0.25, -0.2) is 0 Å². The predicted octanol–water partition coefficient (Wildman–Crippen LogP) is 3.74. The lowest BCUT2D eigenvalue weighted by Gasteiger charge is -2.14. The van der Waals surface area contributed by atoms with Gasteiger partial charge in [-0.05, 0) is 30.8 Å². The number of benzene rings is 1. The number of nitrogens with one attached hydrogen (secondary N) is 1. The summed E-state index contributed by atoms with van der Waals surface area (Å²) in [6.45, 7) is 5.42. The van der Waals surface area contributed by atoms with Crippen LogP contribution in [0.2, 0.25) is 0 Å². The van der Waals surface area contributed by atoms with Crippen molar-refractivity contribution in [2.24, 2.45) is 0 Å². The number of halogens is 3. The van der Waals surface area contributed by atoms with E-state index in [2.05, 4.69) is 5.32 Å². The van der Waals surface area contributed by atoms with E-state index in [0.29, 0.717) is 12.3 Å². The highest BCUT2D eigenvalue weighted by molar-refractivity contribution is 8.00. The zero-order valence-corrected chi connectivity index (χ0v) is 11.8. The average molecular weight is 293 g/mol. The van der Waals surface area contributed by atoms with Crippen LogP contribution in [-0.2, 0) is 6.54 Å². The summed E-state index contributed by atoms with van der Waals surface area (Å²) in [6, 6.07) is 5.73. The van der Waals surface area contributed by atoms with Gasteiger partial charge in [0.2, 0.25) is 0 Å². The van der Waals surface area contributed by atoms with Gasteiger partial charge in [0.25, 0.3) is 0 Å². The molecule has 1 aromatic carbocycles. The second-order valence-electron chi connectivity index (χ2n) is 3.99. The first kappa shape index (κ1) is 16.2. The highest BCUT2D eigenvalue weighted by Gasteiger charge is 2.27. The van der Waals surface area contributed by atoms with Crippen molar-refractivity contribution in [3.8, 4) is 5.75 Å². The van der Waals surface area contributed by atoms with E-state index in [0.717, 1.165) is 17.7 Å². The molecule has 1 rings (SSSR count). The average Bonchev–Trinajstić information content (AvgIpc) is 2.32. The molecule has 0 saturated heterocycles. The molecule has 108 valence electrons. The first-order chi connectivity index (χ1) is 8.94. The Kier molecular flexibility index (Phi) is 6.51. The molecule has 1 N–H and O–H groups in total. The molecule has 19 heavy (non-hydrogen) atoms. The van der Waals surface area contributed by atoms with Crippen molar-refractivity contribution in [3.63, 3.8) is 0 Å². The van der Waals surface area contributed by atoms with Crippen LogP contribution in [0.5, 0.6) is 5.75 Å². The van der Waals surface area contributed by atoms with Crippen LogP contribution in [-0.4, -0.2) is 24.4 Å². The molecule has 0 bridgehead atoms. The Labute approximate surface area is 115 Å². The molecule has 0 saturated carbocycles. The summed E-state index contributed by atoms with van der Waals surface area (Å²) in [5.74, 6) is 0.588. The van der Waals surface area contributed by atoms with E-state index in [9.17, 15) is 13.2 Å². The van der Waals surface area contributed by atoms with Gasteiger partial charge in [-0.3, -0.25) is 0 Å². The fourth-order valence-electron chi connectivity index (χ4n) is 1.62. The summed E-state index contributed by atoms with van der Waals surface area (Å²) >= 11 is -0.0582. The van der Waals surface area contributed by atoms with Crippen LogP contribution in [0, 0.1) is 6.92 Å². The van der Waals surface area contributed by atoms with Crippen molar-refractivity contribution in [2.45, 2.75) is 25.9 Å². The lowest BCUT2D eigenvalue weighted by molar-refractivity contribution is -0.0329. The second kappa shape index (κ2) is 7.65. The molecule has 0 heterocycles. The summed E-state index contributed by atoms with van der Waals surface area (Å²) in [7, 11) is 0. The van der Waals surface area contributed by atoms with E-state index >= 15 is 0 Å². The Morgan fingerprint density at radius 2 is 2.05 bits per heavy atom. The van der Waals surface area contributed by atoms with Gasteiger partial charge in [-0.2, -0.15) is 13.2 Å². The van der Waals surface area contributed by atoms with Crippen molar-refractivity contribution in [1.82, 2.24) is 5.32 Å². The normalized spacial score (nSPS) is 11.6. The largest absolute Gasteiger partial charge is 0.492 e. The van der Waals surface area contributed by atoms with Crippen LogP contribution in [0.4, 0.5) is 13.2 Å². The Hall–Kier alpha value is -0.880. The molecule has 2 nitrogen and oxygen atoms in total. The minimum absolute atomic E-state index is 0.0498. The molecule has 0 unspecified atom stereocenters. The molecule has 0 fully saturated rings. The first-order valence-electron chi connectivity index (χ1n) is 6.06. The number of para-hydroxylation sites is 1. The summed E-state index contributed by atoms with van der Waals surface area (Å²) in [5, 5.41) is 3.18. The third kappa shape index (κ3) is 6.20. The highest BCUT2D eigenvalue weighted by atomic mass is 32.2. The van der Waals surface area contributed by atoms with E-state index in [1.165, 1.54) is 0 Å². The summed E-state index contributed by atoms with van der Waals surface area (Å²) in [4.78, 5) is 0. The van der Waals surface area contributed by atoms with Crippen molar-refractivity contribution < 1.29 is 17.9 Å². The first-order valence-corrected chi connectivity index (χ1v) is 7.05. The van der Waals surface area contributed by atoms with E-state index in [1.54, 1.807) is 0 Å². The van der Waals surface area contributed by atoms with Gasteiger partial charge in [0.15, 0.2) is 0 Å². The predicted molar refractivity (Wildman–Crippen MR) is 72.6 cm³/mol. The maximum absolute atomic E-state index is 12.0. The minimum atomic E-state index is -4.19. The van der Waals surface area contributed by atoms with Gasteiger partial charge in [-0.15, -0.1) is 0 Å². The number of thioether (sulfide) groups is 1. The quantitative estimate of drug-likeness (QED) is 0.774. The summed E-state index contributed by atoms with van der Waals surface area (Å²) < 4.78 is 41.5. The Bertz CT molecular complexity index is 396. The van der Waals surface area contributed by atoms with Gasteiger partial charge < -0.3 is 10.1 Å². The lowest BCUT2D eigenvalue weighted by Crippen LogP contribution is -2.14. The molecule has 0 atom stereocenters. The molecule has 0 radical (unpaired) electrons. The number of alkyl halides is 3. The van der Waals surface area contributed by atoms with E-state index < -0.39 is 5.51 Å². The topological polar surface area (TPSA) is 21.3 Å². The van der Waals surface area contributed by atoms with Gasteiger partial charge in [0.05, 0.1) is 6.61 Å². The summed E-state index contributed by atoms with van der Waals surface area (Å²) in [5.41, 5.74) is -2.28. The summed E-state index contributed by atoms with van der Waals surface area (Å²) in [6.07, 6.45) is 0. The molecule has 0 amide bonds. The zero-order chi connectivity index (χ0) is 14.3. The molecule has 0 aliphatic carbocycles. The van der Waals surface area contributed by atoms with Gasteiger partial charge in [0, 0.05) is 17.9 Å². The molecule has 0 aliphatic heterocycles. The third-order valence-corrected chi connectivity index (χ3v) is 3.15. The number of hydrogen-bond acceptors (Lipinski definition) is 3. The smallest absolute Gasteiger partial charge is 0.441 e. The van der Waals surface area contributed by atoms with Crippen LogP contribution < -0.4 is 10.1 Å². The monoisotopic (exact) mass is 293 g/mol. The molecule has 0 aromatic heterocycles. The van der Waals surface area contributed by atoms with Gasteiger partial charge in [-0.1, -0.05) is 25.1 Å². The highest BCUT2D eigenvalue weighted by Crippen LogP contribution is 2.30. The molecule has 0 aliphatic rings. The van der Waals surface area contributed by atoms with Crippen LogP contribution in [0.3, 0.4) is 0 Å². The zero-order valence-electron chi connectivity index (χ0n) is 11.0. The maximum Gasteiger partial charge on any atom is 0.441 e. The SMILES string of the molecule is CCNCc1cccc(C)c1OCCSC(F)(F)F. The molecular weight excluding hydrogens is 275 g/mol. The van der Waals surface area contributed by atoms with Gasteiger partial charge in [0.1, 0.15) is 5.75 Å². The number of aryl methyl sites for hydroxylation is 1. The van der Waals surface area contributed by atoms with Crippen molar-refractivity contribution in [3.05, 3.63) is 29.3 Å². The van der Waals surface area contributed by atoms with Crippen LogP contribution in [0.1, 0.15) is 18.1 Å². The lowest BCUT2D eigenvalue weighted by atomic mass is 10.1. The van der Waals surface area contributed by atoms with E-state index in [-0.39, 0.29) is 24.1 Å². The Morgan fingerprint density at radius 3 is 2.68 bits per heavy atom. The van der Waals surface area contributed by atoms with Crippen LogP contribution >= 0.6 is 11.8 Å². The molecule has 6 heteroatoms. The number of rotatable bonds is 7. The molecule has 0 spiro atoms. The fourth-order valence-corrected chi connectivity index (χ4v) is 2.02. The Morgan fingerprint density at radius 1 is 1.32 bits per heavy atom. The van der Waals surface area contributed by atoms with E-state index in [1.807, 2.05) is 32.0 Å². The fraction of sp³-hybridized carbons (Fsp3) is 0.538. The molecular formula is C13H18F3NOS.